The zero-order chi connectivity index (χ0) is 20.3. The molecule has 1 amide bonds. The molecule has 0 aromatic rings. The summed E-state index contributed by atoms with van der Waals surface area (Å²) in [5, 5.41) is 10.4. The highest BCUT2D eigenvalue weighted by Gasteiger charge is 2.60. The number of nitrogens with two attached hydrogens (primary N) is 1. The summed E-state index contributed by atoms with van der Waals surface area (Å²) in [6.07, 6.45) is 11.3. The molecule has 2 unspecified atom stereocenters. The van der Waals surface area contributed by atoms with Crippen LogP contribution in [0.25, 0.3) is 0 Å². The molecule has 0 spiro atoms. The minimum Gasteiger partial charge on any atom is -0.393 e. The summed E-state index contributed by atoms with van der Waals surface area (Å²) < 4.78 is 0. The molecule has 4 nitrogen and oxygen atoms in total. The van der Waals surface area contributed by atoms with E-state index in [-0.39, 0.29) is 18.6 Å². The summed E-state index contributed by atoms with van der Waals surface area (Å²) in [4.78, 5) is 14.0. The highest BCUT2D eigenvalue weighted by molar-refractivity contribution is 5.78. The Morgan fingerprint density at radius 3 is 2.43 bits per heavy atom. The molecule has 4 aliphatic rings. The SMILES string of the molecule is C[C@H](O)[C@H]1CC[C@H]2[C@@H]3CCC4CC(N(C)C(=O)CN)CC[C@]4(C)[C@H]3CC[C@]12C. The highest BCUT2D eigenvalue weighted by Crippen LogP contribution is 2.67. The normalized spacial score (nSPS) is 48.9. The van der Waals surface area contributed by atoms with E-state index in [9.17, 15) is 9.90 Å². The summed E-state index contributed by atoms with van der Waals surface area (Å²) >= 11 is 0. The summed E-state index contributed by atoms with van der Waals surface area (Å²) in [6.45, 7) is 7.23. The average Bonchev–Trinajstić information content (AvgIpc) is 3.03. The lowest BCUT2D eigenvalue weighted by Gasteiger charge is -2.61. The first-order valence-electron chi connectivity index (χ1n) is 11.9. The first-order valence-corrected chi connectivity index (χ1v) is 11.9. The molecule has 160 valence electrons. The maximum atomic E-state index is 12.1. The maximum Gasteiger partial charge on any atom is 0.236 e. The molecular weight excluding hydrogens is 348 g/mol. The van der Waals surface area contributed by atoms with E-state index in [1.807, 2.05) is 18.9 Å². The molecule has 9 atom stereocenters. The van der Waals surface area contributed by atoms with Crippen molar-refractivity contribution in [3.8, 4) is 0 Å². The molecule has 0 aromatic heterocycles. The van der Waals surface area contributed by atoms with Gasteiger partial charge in [-0.05, 0) is 105 Å². The predicted octanol–water partition coefficient (Wildman–Crippen LogP) is 3.81. The number of likely N-dealkylation sites (N-methyl/N-ethyl adjacent to an activating group) is 1. The molecule has 4 aliphatic carbocycles. The van der Waals surface area contributed by atoms with Crippen LogP contribution >= 0.6 is 0 Å². The first kappa shape index (κ1) is 20.7. The van der Waals surface area contributed by atoms with Gasteiger partial charge in [-0.1, -0.05) is 13.8 Å². The van der Waals surface area contributed by atoms with E-state index in [0.717, 1.165) is 30.1 Å². The van der Waals surface area contributed by atoms with Gasteiger partial charge in [0.15, 0.2) is 0 Å². The van der Waals surface area contributed by atoms with Crippen LogP contribution in [0, 0.1) is 40.4 Å². The fourth-order valence-electron chi connectivity index (χ4n) is 8.77. The molecule has 4 saturated carbocycles. The Balaban J connectivity index is 1.51. The topological polar surface area (TPSA) is 66.6 Å². The molecule has 4 heteroatoms. The lowest BCUT2D eigenvalue weighted by molar-refractivity contribution is -0.141. The molecule has 4 fully saturated rings. The van der Waals surface area contributed by atoms with E-state index < -0.39 is 0 Å². The number of fused-ring (bicyclic) bond motifs is 5. The minimum absolute atomic E-state index is 0.0887. The number of hydrogen-bond acceptors (Lipinski definition) is 3. The van der Waals surface area contributed by atoms with Crippen LogP contribution in [0.4, 0.5) is 0 Å². The third-order valence-electron chi connectivity index (χ3n) is 10.4. The second kappa shape index (κ2) is 7.27. The number of nitrogens with zero attached hydrogens (tertiary/aromatic N) is 1. The van der Waals surface area contributed by atoms with Gasteiger partial charge in [-0.25, -0.2) is 0 Å². The van der Waals surface area contributed by atoms with Gasteiger partial charge in [0.1, 0.15) is 0 Å². The molecule has 4 rings (SSSR count). The molecule has 0 aromatic carbocycles. The van der Waals surface area contributed by atoms with Crippen LogP contribution < -0.4 is 5.73 Å². The van der Waals surface area contributed by atoms with Crippen LogP contribution in [0.1, 0.15) is 78.6 Å². The highest BCUT2D eigenvalue weighted by atomic mass is 16.3. The van der Waals surface area contributed by atoms with Gasteiger partial charge in [0.05, 0.1) is 12.6 Å². The van der Waals surface area contributed by atoms with Crippen LogP contribution in [-0.4, -0.2) is 41.7 Å². The van der Waals surface area contributed by atoms with Crippen molar-refractivity contribution in [1.82, 2.24) is 4.90 Å². The van der Waals surface area contributed by atoms with Crippen molar-refractivity contribution in [1.29, 1.82) is 0 Å². The lowest BCUT2D eigenvalue weighted by Crippen LogP contribution is -2.56. The van der Waals surface area contributed by atoms with Crippen LogP contribution in [-0.2, 0) is 4.79 Å². The van der Waals surface area contributed by atoms with Gasteiger partial charge >= 0.3 is 0 Å². The zero-order valence-corrected chi connectivity index (χ0v) is 18.5. The number of carbonyl (C=O) groups excluding carboxylic acids is 1. The Kier molecular flexibility index (Phi) is 5.36. The Labute approximate surface area is 171 Å². The van der Waals surface area contributed by atoms with Gasteiger partial charge in [-0.15, -0.1) is 0 Å². The molecule has 0 aliphatic heterocycles. The second-order valence-corrected chi connectivity index (χ2v) is 11.3. The zero-order valence-electron chi connectivity index (χ0n) is 18.5. The maximum absolute atomic E-state index is 12.1. The van der Waals surface area contributed by atoms with Crippen LogP contribution in [0.15, 0.2) is 0 Å². The quantitative estimate of drug-likeness (QED) is 0.770. The number of aliphatic hydroxyl groups excluding tert-OH is 1. The van der Waals surface area contributed by atoms with Gasteiger partial charge in [-0.3, -0.25) is 4.79 Å². The van der Waals surface area contributed by atoms with Crippen molar-refractivity contribution in [2.75, 3.05) is 13.6 Å². The Morgan fingerprint density at radius 2 is 1.75 bits per heavy atom. The summed E-state index contributed by atoms with van der Waals surface area (Å²) in [5.41, 5.74) is 6.40. The van der Waals surface area contributed by atoms with Crippen molar-refractivity contribution >= 4 is 5.91 Å². The first-order chi connectivity index (χ1) is 13.2. The van der Waals surface area contributed by atoms with Gasteiger partial charge < -0.3 is 15.7 Å². The van der Waals surface area contributed by atoms with Crippen LogP contribution in [0.2, 0.25) is 0 Å². The largest absolute Gasteiger partial charge is 0.393 e. The predicted molar refractivity (Wildman–Crippen MR) is 113 cm³/mol. The van der Waals surface area contributed by atoms with Crippen LogP contribution in [0.5, 0.6) is 0 Å². The molecule has 0 heterocycles. The van der Waals surface area contributed by atoms with Crippen molar-refractivity contribution in [3.63, 3.8) is 0 Å². The summed E-state index contributed by atoms with van der Waals surface area (Å²) in [5.74, 6) is 3.83. The minimum atomic E-state index is -0.162. The number of rotatable bonds is 3. The van der Waals surface area contributed by atoms with Crippen molar-refractivity contribution in [2.45, 2.75) is 90.7 Å². The van der Waals surface area contributed by atoms with Crippen molar-refractivity contribution in [3.05, 3.63) is 0 Å². The summed E-state index contributed by atoms with van der Waals surface area (Å²) in [7, 11) is 1.95. The fourth-order valence-corrected chi connectivity index (χ4v) is 8.77. The Bertz CT molecular complexity index is 607. The van der Waals surface area contributed by atoms with E-state index in [1.54, 1.807) is 0 Å². The van der Waals surface area contributed by atoms with Gasteiger partial charge in [0.25, 0.3) is 0 Å². The third kappa shape index (κ3) is 2.96. The third-order valence-corrected chi connectivity index (χ3v) is 10.4. The Hall–Kier alpha value is -0.610. The van der Waals surface area contributed by atoms with Gasteiger partial charge in [-0.2, -0.15) is 0 Å². The van der Waals surface area contributed by atoms with Crippen molar-refractivity contribution < 1.29 is 9.90 Å². The smallest absolute Gasteiger partial charge is 0.236 e. The van der Waals surface area contributed by atoms with Gasteiger partial charge in [0, 0.05) is 13.1 Å². The van der Waals surface area contributed by atoms with E-state index in [4.69, 9.17) is 5.73 Å². The standard InChI is InChI=1S/C24H42N2O2/c1-15(27)19-7-8-20-18-6-5-16-13-17(26(4)22(28)14-25)9-11-23(16,2)21(18)10-12-24(19,20)3/h15-21,27H,5-14,25H2,1-4H3/t15-,16?,17?,18-,19+,20-,21-,23-,24+/m0/s1. The number of aliphatic hydroxyl groups is 1. The summed E-state index contributed by atoms with van der Waals surface area (Å²) in [6, 6.07) is 0.380. The number of hydrogen-bond donors (Lipinski definition) is 2. The molecule has 0 saturated heterocycles. The van der Waals surface area contributed by atoms with E-state index in [2.05, 4.69) is 13.8 Å². The van der Waals surface area contributed by atoms with E-state index >= 15 is 0 Å². The van der Waals surface area contributed by atoms with E-state index in [0.29, 0.717) is 22.8 Å². The molecular formula is C24H42N2O2. The average molecular weight is 391 g/mol. The van der Waals surface area contributed by atoms with Crippen molar-refractivity contribution in [2.24, 2.45) is 46.2 Å². The van der Waals surface area contributed by atoms with E-state index in [1.165, 1.54) is 51.4 Å². The molecule has 0 radical (unpaired) electrons. The lowest BCUT2D eigenvalue weighted by atomic mass is 9.44. The molecule has 3 N–H and O–H groups in total. The second-order valence-electron chi connectivity index (χ2n) is 11.3. The number of carbonyl (C=O) groups is 1. The monoisotopic (exact) mass is 390 g/mol. The fraction of sp³-hybridized carbons (Fsp3) is 0.958. The number of amides is 1. The Morgan fingerprint density at radius 1 is 1.07 bits per heavy atom. The molecule has 28 heavy (non-hydrogen) atoms. The van der Waals surface area contributed by atoms with Crippen LogP contribution in [0.3, 0.4) is 0 Å². The molecule has 0 bridgehead atoms. The van der Waals surface area contributed by atoms with Gasteiger partial charge in [0.2, 0.25) is 5.91 Å².